The van der Waals surface area contributed by atoms with Crippen LogP contribution in [-0.4, -0.2) is 197 Å². The van der Waals surface area contributed by atoms with Crippen LogP contribution in [0, 0.1) is 17.8 Å². The number of rotatable bonds is 8. The van der Waals surface area contributed by atoms with Crippen LogP contribution in [0.15, 0.2) is 115 Å². The summed E-state index contributed by atoms with van der Waals surface area (Å²) in [5.41, 5.74) is 0.880. The summed E-state index contributed by atoms with van der Waals surface area (Å²) < 4.78 is 23.8. The molecule has 3 aliphatic heterocycles. The molecule has 12 N–H and O–H groups in total. The Kier molecular flexibility index (Phi) is 27.4. The van der Waals surface area contributed by atoms with Gasteiger partial charge in [0, 0.05) is 37.5 Å². The fraction of sp³-hybridized carbons (Fsp3) is 0.603. The number of esters is 1. The van der Waals surface area contributed by atoms with Gasteiger partial charge in [0.25, 0.3) is 0 Å². The molecule has 0 aliphatic carbocycles. The number of ether oxygens (including phenoxy) is 4. The van der Waals surface area contributed by atoms with Crippen LogP contribution in [-0.2, 0) is 39.8 Å². The van der Waals surface area contributed by atoms with Crippen LogP contribution in [0.1, 0.15) is 84.6 Å². The first-order valence-corrected chi connectivity index (χ1v) is 26.8. The van der Waals surface area contributed by atoms with E-state index in [-0.39, 0.29) is 25.2 Å². The van der Waals surface area contributed by atoms with Crippen molar-refractivity contribution in [3.05, 3.63) is 121 Å². The van der Waals surface area contributed by atoms with Gasteiger partial charge in [0.05, 0.1) is 79.5 Å². The van der Waals surface area contributed by atoms with Gasteiger partial charge < -0.3 is 80.4 Å². The van der Waals surface area contributed by atoms with Crippen molar-refractivity contribution in [1.82, 2.24) is 10.2 Å². The highest BCUT2D eigenvalue weighted by Crippen LogP contribution is 2.38. The maximum atomic E-state index is 13.8. The van der Waals surface area contributed by atoms with Gasteiger partial charge in [0.15, 0.2) is 12.1 Å². The number of allylic oxidation sites excluding steroid dienone is 12. The van der Waals surface area contributed by atoms with Crippen LogP contribution in [0.4, 0.5) is 0 Å². The zero-order valence-corrected chi connectivity index (χ0v) is 45.5. The van der Waals surface area contributed by atoms with Crippen molar-refractivity contribution in [2.45, 2.75) is 189 Å². The number of amides is 1. The third kappa shape index (κ3) is 21.4. The van der Waals surface area contributed by atoms with Crippen LogP contribution < -0.4 is 5.32 Å². The van der Waals surface area contributed by atoms with Crippen molar-refractivity contribution in [3.8, 4) is 0 Å². The summed E-state index contributed by atoms with van der Waals surface area (Å²) in [7, 11) is 3.46. The third-order valence-electron chi connectivity index (χ3n) is 14.5. The first-order valence-electron chi connectivity index (χ1n) is 26.8. The number of aliphatic hydroxyl groups excluding tert-OH is 9. The summed E-state index contributed by atoms with van der Waals surface area (Å²) in [5.74, 6) is -7.51. The minimum atomic E-state index is -2.39. The van der Waals surface area contributed by atoms with Crippen molar-refractivity contribution in [3.63, 3.8) is 0 Å². The topological polar surface area (TPSA) is 326 Å². The van der Waals surface area contributed by atoms with Gasteiger partial charge in [-0.05, 0) is 59.2 Å². The number of carboxylic acids is 1. The summed E-state index contributed by atoms with van der Waals surface area (Å²) in [6.07, 6.45) is 2.38. The van der Waals surface area contributed by atoms with E-state index in [0.29, 0.717) is 6.42 Å². The molecule has 20 atom stereocenters. The highest BCUT2D eigenvalue weighted by molar-refractivity contribution is 5.82. The van der Waals surface area contributed by atoms with Crippen LogP contribution in [0.3, 0.4) is 0 Å². The number of benzene rings is 1. The number of fused-ring (bicyclic) bond motifs is 2. The lowest BCUT2D eigenvalue weighted by molar-refractivity contribution is -0.309. The maximum Gasteiger partial charge on any atom is 0.311 e. The molecule has 1 amide bonds. The molecule has 0 aromatic heterocycles. The Labute approximate surface area is 458 Å². The predicted octanol–water partition coefficient (Wildman–Crippen LogP) is 2.04. The number of carbonyl (C=O) groups is 3. The van der Waals surface area contributed by atoms with E-state index in [0.717, 1.165) is 5.56 Å². The fourth-order valence-corrected chi connectivity index (χ4v) is 9.71. The highest BCUT2D eigenvalue weighted by atomic mass is 16.7. The second-order valence-electron chi connectivity index (χ2n) is 21.2. The number of aliphatic carboxylic acids is 1. The number of nitrogens with one attached hydrogen (secondary N) is 1. The number of aliphatic hydroxyl groups is 10. The van der Waals surface area contributed by atoms with Crippen LogP contribution in [0.25, 0.3) is 0 Å². The Morgan fingerprint density at radius 1 is 0.692 bits per heavy atom. The molecule has 78 heavy (non-hydrogen) atoms. The number of carbonyl (C=O) groups excluding carboxylic acids is 2. The Hall–Kier alpha value is -4.75. The summed E-state index contributed by atoms with van der Waals surface area (Å²) in [4.78, 5) is 41.0. The largest absolute Gasteiger partial charge is 0.481 e. The summed E-state index contributed by atoms with van der Waals surface area (Å²) >= 11 is 0. The Morgan fingerprint density at radius 2 is 1.28 bits per heavy atom. The molecule has 0 spiro atoms. The van der Waals surface area contributed by atoms with Gasteiger partial charge in [-0.3, -0.25) is 19.3 Å². The van der Waals surface area contributed by atoms with Crippen LogP contribution >= 0.6 is 0 Å². The van der Waals surface area contributed by atoms with Gasteiger partial charge in [-0.15, -0.1) is 0 Å². The predicted molar refractivity (Wildman–Crippen MR) is 289 cm³/mol. The van der Waals surface area contributed by atoms with E-state index < -0.39 is 165 Å². The van der Waals surface area contributed by atoms with Crippen LogP contribution in [0.5, 0.6) is 0 Å². The Bertz CT molecular complexity index is 2200. The lowest BCUT2D eigenvalue weighted by atomic mass is 9.82. The molecule has 2 fully saturated rings. The quantitative estimate of drug-likeness (QED) is 0.166. The SMILES string of the molecule is C[C@@H]1[C@H](O)[C@@H](C)/C=C/C=C/C=C/C=C/C=C/C=C/C=C/[C@H](O[C@@H]2O[C@@H](C)[C@@H](O)[C@H](NC(=O)[C@H](Cc3ccccc3)N(C)C)[C@@H]2O)C[C@@H]2O[C@](O)(C[C@@H](O)C[C@@H](O)[C@H](O)CC[C@@H](O)C[C@@H](O)CC(=O)O[C@H]1C)C[C@H](O)[C@H]2C(=O)O. The summed E-state index contributed by atoms with van der Waals surface area (Å²) in [6.45, 7) is 6.73. The van der Waals surface area contributed by atoms with E-state index in [2.05, 4.69) is 5.32 Å². The number of cyclic esters (lactones) is 1. The molecule has 436 valence electrons. The average molecular weight is 1100 g/mol. The molecule has 3 heterocycles. The van der Waals surface area contributed by atoms with E-state index >= 15 is 0 Å². The molecule has 3 aliphatic rings. The van der Waals surface area contributed by atoms with Gasteiger partial charge >= 0.3 is 11.9 Å². The molecule has 20 heteroatoms. The average Bonchev–Trinajstić information content (AvgIpc) is 3.37. The van der Waals surface area contributed by atoms with Gasteiger partial charge in [0.2, 0.25) is 5.91 Å². The number of nitrogens with zero attached hydrogens (tertiary/aromatic N) is 1. The first-order chi connectivity index (χ1) is 36.9. The van der Waals surface area contributed by atoms with Crippen molar-refractivity contribution < 1.29 is 89.5 Å². The number of hydrogen-bond donors (Lipinski definition) is 12. The van der Waals surface area contributed by atoms with E-state index in [4.69, 9.17) is 18.9 Å². The van der Waals surface area contributed by atoms with Crippen LogP contribution in [0.2, 0.25) is 0 Å². The third-order valence-corrected chi connectivity index (χ3v) is 14.5. The minimum absolute atomic E-state index is 0.126. The smallest absolute Gasteiger partial charge is 0.311 e. The van der Waals surface area contributed by atoms with E-state index in [1.54, 1.807) is 106 Å². The zero-order valence-electron chi connectivity index (χ0n) is 45.5. The van der Waals surface area contributed by atoms with Gasteiger partial charge in [-0.2, -0.15) is 0 Å². The molecule has 4 rings (SSSR count). The van der Waals surface area contributed by atoms with Crippen molar-refractivity contribution in [2.24, 2.45) is 17.8 Å². The fourth-order valence-electron chi connectivity index (χ4n) is 9.71. The zero-order chi connectivity index (χ0) is 57.7. The second kappa shape index (κ2) is 32.5. The monoisotopic (exact) mass is 1100 g/mol. The Morgan fingerprint density at radius 3 is 1.87 bits per heavy atom. The minimum Gasteiger partial charge on any atom is -0.481 e. The molecule has 2 saturated heterocycles. The summed E-state index contributed by atoms with van der Waals surface area (Å²) in [6, 6.07) is 7.30. The van der Waals surface area contributed by atoms with E-state index in [9.17, 15) is 70.6 Å². The number of carboxylic acid groups (broad SMARTS) is 1. The molecule has 0 radical (unpaired) electrons. The lowest BCUT2D eigenvalue weighted by Crippen LogP contribution is -2.65. The van der Waals surface area contributed by atoms with E-state index in [1.807, 2.05) is 43.3 Å². The lowest BCUT2D eigenvalue weighted by Gasteiger charge is -2.45. The molecule has 0 saturated carbocycles. The molecular formula is C58H86N2O18. The Balaban J connectivity index is 1.61. The summed E-state index contributed by atoms with van der Waals surface area (Å²) in [5, 5.41) is 124. The van der Waals surface area contributed by atoms with Gasteiger partial charge in [-0.1, -0.05) is 129 Å². The van der Waals surface area contributed by atoms with Gasteiger partial charge in [-0.25, -0.2) is 0 Å². The van der Waals surface area contributed by atoms with Crippen molar-refractivity contribution >= 4 is 17.8 Å². The number of likely N-dealkylation sites (N-methyl/N-ethyl adjacent to an activating group) is 1. The molecular weight excluding hydrogens is 1010 g/mol. The second-order valence-corrected chi connectivity index (χ2v) is 21.2. The van der Waals surface area contributed by atoms with Gasteiger partial charge in [0.1, 0.15) is 24.2 Å². The highest BCUT2D eigenvalue weighted by Gasteiger charge is 2.51. The molecule has 1 aromatic rings. The molecule has 1 aromatic carbocycles. The first kappa shape index (κ1) is 65.8. The van der Waals surface area contributed by atoms with Crippen molar-refractivity contribution in [2.75, 3.05) is 14.1 Å². The number of hydrogen-bond acceptors (Lipinski definition) is 18. The molecule has 20 nitrogen and oxygen atoms in total. The normalized spacial score (nSPS) is 40.2. The molecule has 2 bridgehead atoms. The standard InChI is InChI=1S/C58H86N2O18/c1-35-22-18-15-13-11-9-7-8-10-12-14-16-21-25-43(77-57-54(70)51(53(69)38(4)76-57)59-55(71)44(60(5)6)28-39-23-19-17-20-24-39)32-48-50(56(72)73)47(66)34-58(74,78-48)33-42(63)30-46(65)45(64)27-26-40(61)29-41(62)31-49(67)75-37(3)36(2)52(35)68/h7-25,35-38,40-48,50-54,57,61-66,68-70,74H,26-34H2,1-6H3,(H,59,71)(H,72,73)/b8-7+,11-9+,12-10+,15-13+,16-14+,22-18+,25-21+/t35-,36-,37-,38-,40+,41+,42-,43-,44-,45+,46+,47-,48-,50+,51-,52+,53+,54-,57-,58+/m0/s1. The molecule has 0 unspecified atom stereocenters. The maximum absolute atomic E-state index is 13.8. The van der Waals surface area contributed by atoms with Crippen molar-refractivity contribution in [1.29, 1.82) is 0 Å². The van der Waals surface area contributed by atoms with E-state index in [1.165, 1.54) is 13.0 Å².